The summed E-state index contributed by atoms with van der Waals surface area (Å²) in [5.41, 5.74) is 0.837. The van der Waals surface area contributed by atoms with E-state index in [9.17, 15) is 9.90 Å². The molecule has 1 aliphatic rings. The van der Waals surface area contributed by atoms with E-state index in [2.05, 4.69) is 20.8 Å². The number of piperazine rings is 1. The van der Waals surface area contributed by atoms with Gasteiger partial charge in [-0.2, -0.15) is 0 Å². The van der Waals surface area contributed by atoms with Crippen LogP contribution in [0.2, 0.25) is 0 Å². The summed E-state index contributed by atoms with van der Waals surface area (Å²) in [6.07, 6.45) is 0. The van der Waals surface area contributed by atoms with Crippen molar-refractivity contribution in [1.82, 2.24) is 4.90 Å². The van der Waals surface area contributed by atoms with Gasteiger partial charge in [-0.05, 0) is 40.2 Å². The van der Waals surface area contributed by atoms with Crippen molar-refractivity contribution >= 4 is 38.9 Å². The van der Waals surface area contributed by atoms with Crippen LogP contribution in [0, 0.1) is 0 Å². The van der Waals surface area contributed by atoms with E-state index < -0.39 is 0 Å². The third-order valence-electron chi connectivity index (χ3n) is 3.57. The minimum Gasteiger partial charge on any atom is -0.506 e. The summed E-state index contributed by atoms with van der Waals surface area (Å²) in [5, 5.41) is 9.89. The molecule has 0 atom stereocenters. The van der Waals surface area contributed by atoms with E-state index in [4.69, 9.17) is 0 Å². The Balaban J connectivity index is 1.65. The third kappa shape index (κ3) is 3.06. The maximum Gasteiger partial charge on any atom is 0.264 e. The Morgan fingerprint density at radius 2 is 1.81 bits per heavy atom. The molecule has 1 aromatic carbocycles. The van der Waals surface area contributed by atoms with Crippen LogP contribution >= 0.6 is 27.3 Å². The predicted molar refractivity (Wildman–Crippen MR) is 88.2 cm³/mol. The Morgan fingerprint density at radius 3 is 2.43 bits per heavy atom. The maximum atomic E-state index is 12.4. The number of rotatable bonds is 2. The second-order valence-corrected chi connectivity index (χ2v) is 7.33. The average molecular weight is 367 g/mol. The number of anilines is 1. The van der Waals surface area contributed by atoms with Crippen molar-refractivity contribution in [2.75, 3.05) is 31.1 Å². The lowest BCUT2D eigenvalue weighted by Crippen LogP contribution is -2.48. The molecule has 3 rings (SSSR count). The van der Waals surface area contributed by atoms with Crippen LogP contribution in [0.5, 0.6) is 5.75 Å². The van der Waals surface area contributed by atoms with E-state index in [-0.39, 0.29) is 5.91 Å². The fraction of sp³-hybridized carbons (Fsp3) is 0.267. The molecule has 0 unspecified atom stereocenters. The van der Waals surface area contributed by atoms with Crippen molar-refractivity contribution in [2.24, 2.45) is 0 Å². The van der Waals surface area contributed by atoms with Gasteiger partial charge >= 0.3 is 0 Å². The van der Waals surface area contributed by atoms with Gasteiger partial charge in [-0.1, -0.05) is 12.1 Å². The molecule has 0 bridgehead atoms. The van der Waals surface area contributed by atoms with Crippen LogP contribution in [0.3, 0.4) is 0 Å². The van der Waals surface area contributed by atoms with Crippen molar-refractivity contribution < 1.29 is 9.90 Å². The van der Waals surface area contributed by atoms with Crippen molar-refractivity contribution in [2.45, 2.75) is 0 Å². The summed E-state index contributed by atoms with van der Waals surface area (Å²) in [5.74, 6) is 0.377. The van der Waals surface area contributed by atoms with Gasteiger partial charge in [0.1, 0.15) is 5.75 Å². The van der Waals surface area contributed by atoms with Crippen LogP contribution in [-0.4, -0.2) is 42.1 Å². The SMILES string of the molecule is O=C(c1ccc(Br)s1)N1CCN(c2ccccc2O)CC1. The Bertz CT molecular complexity index is 651. The van der Waals surface area contributed by atoms with E-state index in [1.807, 2.05) is 35.2 Å². The summed E-state index contributed by atoms with van der Waals surface area (Å²) in [4.78, 5) is 17.1. The van der Waals surface area contributed by atoms with E-state index in [0.717, 1.165) is 27.4 Å². The number of phenols is 1. The molecule has 1 amide bonds. The molecule has 0 saturated carbocycles. The molecule has 110 valence electrons. The second-order valence-electron chi connectivity index (χ2n) is 4.87. The number of aromatic hydroxyl groups is 1. The van der Waals surface area contributed by atoms with Crippen molar-refractivity contribution in [3.63, 3.8) is 0 Å². The molecule has 2 aromatic rings. The molecular weight excluding hydrogens is 352 g/mol. The Labute approximate surface area is 135 Å². The van der Waals surface area contributed by atoms with Crippen molar-refractivity contribution in [3.8, 4) is 5.75 Å². The topological polar surface area (TPSA) is 43.8 Å². The lowest BCUT2D eigenvalue weighted by atomic mass is 10.2. The molecule has 4 nitrogen and oxygen atoms in total. The summed E-state index contributed by atoms with van der Waals surface area (Å²) in [6.45, 7) is 2.80. The number of nitrogens with zero attached hydrogens (tertiary/aromatic N) is 2. The number of amides is 1. The van der Waals surface area contributed by atoms with Gasteiger partial charge in [-0.25, -0.2) is 0 Å². The smallest absolute Gasteiger partial charge is 0.264 e. The number of hydrogen-bond acceptors (Lipinski definition) is 4. The fourth-order valence-electron chi connectivity index (χ4n) is 2.47. The Morgan fingerprint density at radius 1 is 1.10 bits per heavy atom. The first-order valence-electron chi connectivity index (χ1n) is 6.73. The quantitative estimate of drug-likeness (QED) is 0.887. The predicted octanol–water partition coefficient (Wildman–Crippen LogP) is 3.18. The highest BCUT2D eigenvalue weighted by Crippen LogP contribution is 2.28. The molecule has 1 fully saturated rings. The zero-order chi connectivity index (χ0) is 14.8. The first-order chi connectivity index (χ1) is 10.1. The van der Waals surface area contributed by atoms with Gasteiger partial charge in [0.05, 0.1) is 14.4 Å². The number of hydrogen-bond donors (Lipinski definition) is 1. The molecule has 0 spiro atoms. The molecule has 2 heterocycles. The van der Waals surface area contributed by atoms with Gasteiger partial charge in [0, 0.05) is 26.2 Å². The zero-order valence-corrected chi connectivity index (χ0v) is 13.7. The van der Waals surface area contributed by atoms with Gasteiger partial charge < -0.3 is 14.9 Å². The maximum absolute atomic E-state index is 12.4. The van der Waals surface area contributed by atoms with Crippen LogP contribution in [0.25, 0.3) is 0 Å². The van der Waals surface area contributed by atoms with Gasteiger partial charge in [0.2, 0.25) is 0 Å². The highest BCUT2D eigenvalue weighted by atomic mass is 79.9. The van der Waals surface area contributed by atoms with E-state index in [1.54, 1.807) is 6.07 Å². The molecule has 1 aliphatic heterocycles. The van der Waals surface area contributed by atoms with Crippen LogP contribution in [0.4, 0.5) is 5.69 Å². The molecule has 6 heteroatoms. The van der Waals surface area contributed by atoms with Gasteiger partial charge in [-0.3, -0.25) is 4.79 Å². The second kappa shape index (κ2) is 6.07. The summed E-state index contributed by atoms with van der Waals surface area (Å²) < 4.78 is 0.971. The number of para-hydroxylation sites is 2. The Hall–Kier alpha value is -1.53. The average Bonchev–Trinajstić information content (AvgIpc) is 2.94. The van der Waals surface area contributed by atoms with Gasteiger partial charge in [-0.15, -0.1) is 11.3 Å². The summed E-state index contributed by atoms with van der Waals surface area (Å²) in [7, 11) is 0. The van der Waals surface area contributed by atoms with Gasteiger partial charge in [0.15, 0.2) is 0 Å². The van der Waals surface area contributed by atoms with Crippen LogP contribution < -0.4 is 4.90 Å². The first-order valence-corrected chi connectivity index (χ1v) is 8.33. The number of phenolic OH excluding ortho intramolecular Hbond substituents is 1. The fourth-order valence-corrected chi connectivity index (χ4v) is 3.82. The minimum atomic E-state index is 0.0858. The zero-order valence-electron chi connectivity index (χ0n) is 11.3. The highest BCUT2D eigenvalue weighted by molar-refractivity contribution is 9.11. The summed E-state index contributed by atoms with van der Waals surface area (Å²) >= 11 is 4.85. The molecule has 1 N–H and O–H groups in total. The molecule has 0 aliphatic carbocycles. The monoisotopic (exact) mass is 366 g/mol. The number of carbonyl (C=O) groups excluding carboxylic acids is 1. The third-order valence-corrected chi connectivity index (χ3v) is 5.18. The van der Waals surface area contributed by atoms with Gasteiger partial charge in [0.25, 0.3) is 5.91 Å². The number of carbonyl (C=O) groups is 1. The Kier molecular flexibility index (Phi) is 4.17. The van der Waals surface area contributed by atoms with Crippen LogP contribution in [0.1, 0.15) is 9.67 Å². The van der Waals surface area contributed by atoms with Crippen LogP contribution in [0.15, 0.2) is 40.2 Å². The summed E-state index contributed by atoms with van der Waals surface area (Å²) in [6, 6.07) is 11.1. The largest absolute Gasteiger partial charge is 0.506 e. The standard InChI is InChI=1S/C15H15BrN2O2S/c16-14-6-5-13(21-14)15(20)18-9-7-17(8-10-18)11-3-1-2-4-12(11)19/h1-6,19H,7-10H2. The molecule has 1 aromatic heterocycles. The number of thiophene rings is 1. The van der Waals surface area contributed by atoms with E-state index >= 15 is 0 Å². The van der Waals surface area contributed by atoms with Crippen molar-refractivity contribution in [1.29, 1.82) is 0 Å². The molecule has 0 radical (unpaired) electrons. The number of halogens is 1. The van der Waals surface area contributed by atoms with E-state index in [1.165, 1.54) is 11.3 Å². The minimum absolute atomic E-state index is 0.0858. The number of benzene rings is 1. The lowest BCUT2D eigenvalue weighted by molar-refractivity contribution is 0.0751. The van der Waals surface area contributed by atoms with E-state index in [0.29, 0.717) is 18.8 Å². The normalized spacial score (nSPS) is 15.3. The lowest BCUT2D eigenvalue weighted by Gasteiger charge is -2.36. The highest BCUT2D eigenvalue weighted by Gasteiger charge is 2.24. The molecule has 1 saturated heterocycles. The molecule has 21 heavy (non-hydrogen) atoms. The van der Waals surface area contributed by atoms with Crippen LogP contribution in [-0.2, 0) is 0 Å². The first kappa shape index (κ1) is 14.4. The van der Waals surface area contributed by atoms with Crippen molar-refractivity contribution in [3.05, 3.63) is 45.1 Å². The molecular formula is C15H15BrN2O2S.